The molecule has 0 radical (unpaired) electrons. The van der Waals surface area contributed by atoms with Crippen molar-refractivity contribution in [3.8, 4) is 5.75 Å². The van der Waals surface area contributed by atoms with E-state index in [1.54, 1.807) is 0 Å². The number of anilines is 1. The first kappa shape index (κ1) is 12.1. The fraction of sp³-hybridized carbons (Fsp3) is 0.455. The number of benzene rings is 1. The topological polar surface area (TPSA) is 79.0 Å². The highest BCUT2D eigenvalue weighted by molar-refractivity contribution is 5.55. The maximum absolute atomic E-state index is 13.1. The van der Waals surface area contributed by atoms with Gasteiger partial charge in [-0.05, 0) is 31.4 Å². The summed E-state index contributed by atoms with van der Waals surface area (Å²) < 4.78 is 18.6. The Bertz CT molecular complexity index is 400. The predicted octanol–water partition coefficient (Wildman–Crippen LogP) is 1.67. The minimum Gasteiger partial charge on any atom is -0.488 e. The Labute approximate surface area is 98.1 Å². The highest BCUT2D eigenvalue weighted by Crippen LogP contribution is 2.31. The van der Waals surface area contributed by atoms with Crippen molar-refractivity contribution in [1.82, 2.24) is 0 Å². The van der Waals surface area contributed by atoms with Gasteiger partial charge in [-0.1, -0.05) is 0 Å². The fourth-order valence-electron chi connectivity index (χ4n) is 2.01. The van der Waals surface area contributed by atoms with Gasteiger partial charge in [-0.2, -0.15) is 0 Å². The molecular formula is C11H15FN2O3. The lowest BCUT2D eigenvalue weighted by atomic mass is 10.2. The summed E-state index contributed by atoms with van der Waals surface area (Å²) in [5, 5.41) is 17.9. The quantitative estimate of drug-likeness (QED) is 0.703. The summed E-state index contributed by atoms with van der Waals surface area (Å²) in [4.78, 5) is 0. The number of halogens is 1. The van der Waals surface area contributed by atoms with Crippen molar-refractivity contribution in [3.05, 3.63) is 24.0 Å². The molecule has 1 saturated carbocycles. The van der Waals surface area contributed by atoms with Crippen molar-refractivity contribution in [1.29, 1.82) is 0 Å². The van der Waals surface area contributed by atoms with E-state index in [1.165, 1.54) is 6.07 Å². The Morgan fingerprint density at radius 3 is 2.71 bits per heavy atom. The average molecular weight is 242 g/mol. The molecule has 2 atom stereocenters. The summed E-state index contributed by atoms with van der Waals surface area (Å²) in [5.41, 5.74) is 5.75. The summed E-state index contributed by atoms with van der Waals surface area (Å²) in [5.74, 6) is -0.387. The summed E-state index contributed by atoms with van der Waals surface area (Å²) in [6, 6.07) is 3.58. The van der Waals surface area contributed by atoms with Crippen LogP contribution in [0.3, 0.4) is 0 Å². The van der Waals surface area contributed by atoms with Crippen LogP contribution in [0.4, 0.5) is 10.1 Å². The van der Waals surface area contributed by atoms with Gasteiger partial charge in [0.2, 0.25) is 0 Å². The van der Waals surface area contributed by atoms with Gasteiger partial charge in [-0.25, -0.2) is 4.39 Å². The Morgan fingerprint density at radius 2 is 2.12 bits per heavy atom. The van der Waals surface area contributed by atoms with Crippen LogP contribution in [0.25, 0.3) is 0 Å². The molecule has 1 aliphatic rings. The van der Waals surface area contributed by atoms with Gasteiger partial charge in [0.25, 0.3) is 0 Å². The van der Waals surface area contributed by atoms with Crippen molar-refractivity contribution in [2.75, 3.05) is 5.23 Å². The first-order chi connectivity index (χ1) is 8.06. The van der Waals surface area contributed by atoms with E-state index in [2.05, 4.69) is 0 Å². The second-order valence-electron chi connectivity index (χ2n) is 4.21. The molecule has 1 aromatic carbocycles. The van der Waals surface area contributed by atoms with Gasteiger partial charge in [0.05, 0.1) is 0 Å². The summed E-state index contributed by atoms with van der Waals surface area (Å²) in [7, 11) is 0. The molecule has 1 aromatic rings. The third-order valence-electron chi connectivity index (χ3n) is 2.86. The predicted molar refractivity (Wildman–Crippen MR) is 58.7 cm³/mol. The maximum atomic E-state index is 13.1. The van der Waals surface area contributed by atoms with E-state index in [0.717, 1.165) is 25.0 Å². The molecule has 4 N–H and O–H groups in total. The van der Waals surface area contributed by atoms with E-state index in [0.29, 0.717) is 6.42 Å². The van der Waals surface area contributed by atoms with Crippen LogP contribution in [-0.4, -0.2) is 22.6 Å². The summed E-state index contributed by atoms with van der Waals surface area (Å²) in [6.07, 6.45) is 2.23. The Kier molecular flexibility index (Phi) is 3.46. The second-order valence-corrected chi connectivity index (χ2v) is 4.21. The van der Waals surface area contributed by atoms with E-state index in [1.807, 2.05) is 0 Å². The van der Waals surface area contributed by atoms with Gasteiger partial charge >= 0.3 is 0 Å². The number of hydrogen-bond acceptors (Lipinski definition) is 5. The molecule has 2 unspecified atom stereocenters. The van der Waals surface area contributed by atoms with Crippen LogP contribution in [0.5, 0.6) is 5.75 Å². The van der Waals surface area contributed by atoms with E-state index < -0.39 is 5.82 Å². The molecule has 17 heavy (non-hydrogen) atoms. The smallest absolute Gasteiger partial charge is 0.151 e. The zero-order valence-corrected chi connectivity index (χ0v) is 9.21. The van der Waals surface area contributed by atoms with Crippen molar-refractivity contribution in [2.24, 2.45) is 5.73 Å². The van der Waals surface area contributed by atoms with Gasteiger partial charge in [-0.3, -0.25) is 10.4 Å². The van der Waals surface area contributed by atoms with E-state index in [4.69, 9.17) is 20.9 Å². The third kappa shape index (κ3) is 2.85. The van der Waals surface area contributed by atoms with Crippen molar-refractivity contribution in [3.63, 3.8) is 0 Å². The summed E-state index contributed by atoms with van der Waals surface area (Å²) in [6.45, 7) is 0. The monoisotopic (exact) mass is 242 g/mol. The van der Waals surface area contributed by atoms with Gasteiger partial charge in [0, 0.05) is 12.1 Å². The normalized spacial score (nSPS) is 23.8. The number of nitrogens with two attached hydrogens (primary N) is 1. The van der Waals surface area contributed by atoms with E-state index in [-0.39, 0.29) is 28.8 Å². The van der Waals surface area contributed by atoms with Crippen LogP contribution >= 0.6 is 0 Å². The Balaban J connectivity index is 2.16. The van der Waals surface area contributed by atoms with Crippen molar-refractivity contribution >= 4 is 5.69 Å². The van der Waals surface area contributed by atoms with Crippen LogP contribution < -0.4 is 15.7 Å². The zero-order chi connectivity index (χ0) is 12.4. The second kappa shape index (κ2) is 4.87. The fourth-order valence-corrected chi connectivity index (χ4v) is 2.01. The molecule has 0 bridgehead atoms. The highest BCUT2D eigenvalue weighted by atomic mass is 19.1. The third-order valence-corrected chi connectivity index (χ3v) is 2.86. The molecular weight excluding hydrogens is 227 g/mol. The lowest BCUT2D eigenvalue weighted by Gasteiger charge is -2.18. The standard InChI is InChI=1S/C11H15FN2O3/c12-7-1-4-10(14(15)16)11(5-7)17-9-3-2-8(13)6-9/h1,4-5,8-9,15-16H,2-3,6,13H2. The largest absolute Gasteiger partial charge is 0.488 e. The maximum Gasteiger partial charge on any atom is 0.151 e. The molecule has 0 heterocycles. The molecule has 0 aromatic heterocycles. The number of hydrogen-bond donors (Lipinski definition) is 3. The molecule has 1 aliphatic carbocycles. The molecule has 2 rings (SSSR count). The van der Waals surface area contributed by atoms with Crippen LogP contribution in [0, 0.1) is 5.82 Å². The zero-order valence-electron chi connectivity index (χ0n) is 9.21. The van der Waals surface area contributed by atoms with Crippen LogP contribution in [-0.2, 0) is 0 Å². The van der Waals surface area contributed by atoms with Gasteiger partial charge < -0.3 is 10.5 Å². The molecule has 5 nitrogen and oxygen atoms in total. The lowest BCUT2D eigenvalue weighted by molar-refractivity contribution is 0.0268. The van der Waals surface area contributed by atoms with Gasteiger partial charge in [0.15, 0.2) is 5.75 Å². The summed E-state index contributed by atoms with van der Waals surface area (Å²) >= 11 is 0. The van der Waals surface area contributed by atoms with Crippen LogP contribution in [0.1, 0.15) is 19.3 Å². The van der Waals surface area contributed by atoms with Crippen LogP contribution in [0.2, 0.25) is 0 Å². The van der Waals surface area contributed by atoms with E-state index in [9.17, 15) is 4.39 Å². The first-order valence-electron chi connectivity index (χ1n) is 5.46. The number of rotatable bonds is 3. The Hall–Kier alpha value is -1.37. The first-order valence-corrected chi connectivity index (χ1v) is 5.46. The number of nitrogens with zero attached hydrogens (tertiary/aromatic N) is 1. The molecule has 0 saturated heterocycles. The lowest BCUT2D eigenvalue weighted by Crippen LogP contribution is -2.20. The minimum atomic E-state index is -0.493. The van der Waals surface area contributed by atoms with Crippen molar-refractivity contribution < 1.29 is 19.5 Å². The van der Waals surface area contributed by atoms with E-state index >= 15 is 0 Å². The van der Waals surface area contributed by atoms with Gasteiger partial charge in [0.1, 0.15) is 17.6 Å². The molecule has 0 amide bonds. The highest BCUT2D eigenvalue weighted by Gasteiger charge is 2.24. The van der Waals surface area contributed by atoms with Crippen LogP contribution in [0.15, 0.2) is 18.2 Å². The van der Waals surface area contributed by atoms with Crippen molar-refractivity contribution in [2.45, 2.75) is 31.4 Å². The Morgan fingerprint density at radius 1 is 1.35 bits per heavy atom. The minimum absolute atomic E-state index is 0.00636. The van der Waals surface area contributed by atoms with Gasteiger partial charge in [-0.15, -0.1) is 5.23 Å². The molecule has 1 fully saturated rings. The SMILES string of the molecule is NC1CCC(Oc2cc(F)ccc2N(O)O)C1. The molecule has 0 aliphatic heterocycles. The molecule has 0 spiro atoms. The number of ether oxygens (including phenoxy) is 1. The molecule has 94 valence electrons. The average Bonchev–Trinajstić information content (AvgIpc) is 2.63. The molecule has 6 heteroatoms.